The average molecular weight is 266 g/mol. The van der Waals surface area contributed by atoms with Gasteiger partial charge in [-0.15, -0.1) is 0 Å². The number of esters is 1. The lowest BCUT2D eigenvalue weighted by Gasteiger charge is -2.18. The molecule has 19 heavy (non-hydrogen) atoms. The van der Waals surface area contributed by atoms with Crippen molar-refractivity contribution in [3.8, 4) is 5.75 Å². The highest BCUT2D eigenvalue weighted by Crippen LogP contribution is 2.17. The van der Waals surface area contributed by atoms with Crippen LogP contribution in [0, 0.1) is 0 Å². The van der Waals surface area contributed by atoms with Gasteiger partial charge in [-0.1, -0.05) is 0 Å². The maximum Gasteiger partial charge on any atom is 0.305 e. The number of nitrogens with zero attached hydrogens (tertiary/aromatic N) is 2. The van der Waals surface area contributed by atoms with E-state index in [1.165, 1.54) is 26.6 Å². The van der Waals surface area contributed by atoms with E-state index < -0.39 is 0 Å². The number of pyridine rings is 1. The van der Waals surface area contributed by atoms with E-state index in [9.17, 15) is 9.59 Å². The number of amides is 1. The minimum absolute atomic E-state index is 0.163. The molecule has 1 rings (SSSR count). The minimum Gasteiger partial charge on any atom is -0.494 e. The molecule has 0 bridgehead atoms. The smallest absolute Gasteiger partial charge is 0.305 e. The average Bonchev–Trinajstić information content (AvgIpc) is 2.45. The molecule has 0 saturated carbocycles. The molecule has 0 radical (unpaired) electrons. The summed E-state index contributed by atoms with van der Waals surface area (Å²) in [6.07, 6.45) is 3.89. The lowest BCUT2D eigenvalue weighted by atomic mass is 10.2. The molecule has 0 aliphatic heterocycles. The van der Waals surface area contributed by atoms with Gasteiger partial charge in [0.1, 0.15) is 5.75 Å². The van der Waals surface area contributed by atoms with Crippen molar-refractivity contribution < 1.29 is 19.1 Å². The standard InChI is InChI=1S/C13H18N2O4/c1-15(8-4-5-12(16)19-3)13(17)10-6-7-14-9-11(10)18-2/h6-7,9H,4-5,8H2,1-3H3. The van der Waals surface area contributed by atoms with Gasteiger partial charge in [-0.2, -0.15) is 0 Å². The first kappa shape index (κ1) is 14.9. The highest BCUT2D eigenvalue weighted by atomic mass is 16.5. The zero-order chi connectivity index (χ0) is 14.3. The Kier molecular flexibility index (Phi) is 5.78. The molecule has 0 fully saturated rings. The zero-order valence-corrected chi connectivity index (χ0v) is 11.4. The van der Waals surface area contributed by atoms with Gasteiger partial charge in [0.15, 0.2) is 0 Å². The van der Waals surface area contributed by atoms with Crippen LogP contribution in [0.2, 0.25) is 0 Å². The fraction of sp³-hybridized carbons (Fsp3) is 0.462. The summed E-state index contributed by atoms with van der Waals surface area (Å²) >= 11 is 0. The van der Waals surface area contributed by atoms with Crippen LogP contribution in [0.1, 0.15) is 23.2 Å². The van der Waals surface area contributed by atoms with Crippen LogP contribution >= 0.6 is 0 Å². The quantitative estimate of drug-likeness (QED) is 0.722. The second-order valence-corrected chi connectivity index (χ2v) is 3.98. The molecule has 1 heterocycles. The summed E-state index contributed by atoms with van der Waals surface area (Å²) in [5.41, 5.74) is 0.457. The Labute approximate surface area is 112 Å². The number of methoxy groups -OCH3 is 2. The van der Waals surface area contributed by atoms with E-state index in [-0.39, 0.29) is 11.9 Å². The van der Waals surface area contributed by atoms with Crippen LogP contribution in [-0.2, 0) is 9.53 Å². The highest BCUT2D eigenvalue weighted by molar-refractivity contribution is 5.96. The van der Waals surface area contributed by atoms with Crippen LogP contribution in [0.4, 0.5) is 0 Å². The third-order valence-electron chi connectivity index (χ3n) is 2.68. The molecular formula is C13H18N2O4. The summed E-state index contributed by atoms with van der Waals surface area (Å²) in [6.45, 7) is 0.472. The third kappa shape index (κ3) is 4.24. The van der Waals surface area contributed by atoms with Crippen molar-refractivity contribution >= 4 is 11.9 Å². The number of rotatable bonds is 6. The second-order valence-electron chi connectivity index (χ2n) is 3.98. The second kappa shape index (κ2) is 7.35. The number of hydrogen-bond donors (Lipinski definition) is 0. The van der Waals surface area contributed by atoms with E-state index in [1.54, 1.807) is 18.0 Å². The van der Waals surface area contributed by atoms with E-state index >= 15 is 0 Å². The number of carbonyl (C=O) groups excluding carboxylic acids is 2. The van der Waals surface area contributed by atoms with Gasteiger partial charge in [-0.25, -0.2) is 0 Å². The van der Waals surface area contributed by atoms with Crippen molar-refractivity contribution in [3.05, 3.63) is 24.0 Å². The van der Waals surface area contributed by atoms with Crippen LogP contribution < -0.4 is 4.74 Å². The van der Waals surface area contributed by atoms with Crippen LogP contribution in [-0.4, -0.2) is 49.6 Å². The van der Waals surface area contributed by atoms with Crippen LogP contribution in [0.15, 0.2) is 18.5 Å². The molecule has 0 spiro atoms. The van der Waals surface area contributed by atoms with Gasteiger partial charge in [0.25, 0.3) is 5.91 Å². The van der Waals surface area contributed by atoms with Crippen molar-refractivity contribution in [3.63, 3.8) is 0 Å². The van der Waals surface area contributed by atoms with Gasteiger partial charge in [0, 0.05) is 26.2 Å². The number of aromatic nitrogens is 1. The summed E-state index contributed by atoms with van der Waals surface area (Å²) in [6, 6.07) is 1.61. The van der Waals surface area contributed by atoms with E-state index in [0.29, 0.717) is 30.7 Å². The Hall–Kier alpha value is -2.11. The Bertz CT molecular complexity index is 448. The van der Waals surface area contributed by atoms with Gasteiger partial charge in [-0.3, -0.25) is 14.6 Å². The predicted molar refractivity (Wildman–Crippen MR) is 69.0 cm³/mol. The molecule has 0 aromatic carbocycles. The molecule has 0 unspecified atom stereocenters. The van der Waals surface area contributed by atoms with Crippen LogP contribution in [0.3, 0.4) is 0 Å². The zero-order valence-electron chi connectivity index (χ0n) is 11.4. The van der Waals surface area contributed by atoms with E-state index in [4.69, 9.17) is 4.74 Å². The fourth-order valence-corrected chi connectivity index (χ4v) is 1.59. The number of hydrogen-bond acceptors (Lipinski definition) is 5. The van der Waals surface area contributed by atoms with Gasteiger partial charge in [0.05, 0.1) is 26.0 Å². The predicted octanol–water partition coefficient (Wildman–Crippen LogP) is 1.12. The van der Waals surface area contributed by atoms with Crippen molar-refractivity contribution in [1.29, 1.82) is 0 Å². The largest absolute Gasteiger partial charge is 0.494 e. The Morgan fingerprint density at radius 1 is 1.37 bits per heavy atom. The first-order valence-corrected chi connectivity index (χ1v) is 5.90. The van der Waals surface area contributed by atoms with Crippen molar-refractivity contribution in [2.45, 2.75) is 12.8 Å². The summed E-state index contributed by atoms with van der Waals surface area (Å²) in [4.78, 5) is 28.6. The topological polar surface area (TPSA) is 68.7 Å². The van der Waals surface area contributed by atoms with Gasteiger partial charge >= 0.3 is 5.97 Å². The fourth-order valence-electron chi connectivity index (χ4n) is 1.59. The normalized spacial score (nSPS) is 9.84. The molecule has 0 saturated heterocycles. The van der Waals surface area contributed by atoms with Crippen LogP contribution in [0.5, 0.6) is 5.75 Å². The summed E-state index contributed by atoms with van der Waals surface area (Å²) in [5, 5.41) is 0. The molecule has 6 nitrogen and oxygen atoms in total. The highest BCUT2D eigenvalue weighted by Gasteiger charge is 2.16. The first-order valence-electron chi connectivity index (χ1n) is 5.90. The van der Waals surface area contributed by atoms with E-state index in [1.807, 2.05) is 0 Å². The number of ether oxygens (including phenoxy) is 2. The maximum absolute atomic E-state index is 12.2. The third-order valence-corrected chi connectivity index (χ3v) is 2.68. The Balaban J connectivity index is 2.59. The monoisotopic (exact) mass is 266 g/mol. The molecule has 104 valence electrons. The molecule has 6 heteroatoms. The summed E-state index contributed by atoms with van der Waals surface area (Å²) in [5.74, 6) is -0.00113. The summed E-state index contributed by atoms with van der Waals surface area (Å²) in [7, 11) is 4.52. The molecule has 1 aromatic heterocycles. The van der Waals surface area contributed by atoms with Crippen molar-refractivity contribution in [2.75, 3.05) is 27.8 Å². The molecule has 0 N–H and O–H groups in total. The van der Waals surface area contributed by atoms with Crippen molar-refractivity contribution in [1.82, 2.24) is 9.88 Å². The van der Waals surface area contributed by atoms with Crippen LogP contribution in [0.25, 0.3) is 0 Å². The lowest BCUT2D eigenvalue weighted by molar-refractivity contribution is -0.140. The first-order chi connectivity index (χ1) is 9.10. The lowest BCUT2D eigenvalue weighted by Crippen LogP contribution is -2.28. The Morgan fingerprint density at radius 2 is 2.11 bits per heavy atom. The number of carbonyl (C=O) groups is 2. The maximum atomic E-state index is 12.2. The van der Waals surface area contributed by atoms with E-state index in [2.05, 4.69) is 9.72 Å². The van der Waals surface area contributed by atoms with Gasteiger partial charge < -0.3 is 14.4 Å². The van der Waals surface area contributed by atoms with E-state index in [0.717, 1.165) is 0 Å². The molecule has 0 aliphatic carbocycles. The molecule has 0 atom stereocenters. The molecular weight excluding hydrogens is 248 g/mol. The Morgan fingerprint density at radius 3 is 2.74 bits per heavy atom. The summed E-state index contributed by atoms with van der Waals surface area (Å²) < 4.78 is 9.64. The molecule has 1 amide bonds. The minimum atomic E-state index is -0.276. The van der Waals surface area contributed by atoms with Gasteiger partial charge in [0.2, 0.25) is 0 Å². The molecule has 0 aliphatic rings. The molecule has 1 aromatic rings. The SMILES string of the molecule is COC(=O)CCCN(C)C(=O)c1ccncc1OC. The van der Waals surface area contributed by atoms with Crippen molar-refractivity contribution in [2.24, 2.45) is 0 Å². The van der Waals surface area contributed by atoms with Gasteiger partial charge in [-0.05, 0) is 12.5 Å².